The first-order valence-electron chi connectivity index (χ1n) is 5.98. The molecular weight excluding hydrogens is 250 g/mol. The molecule has 0 atom stereocenters. The summed E-state index contributed by atoms with van der Waals surface area (Å²) >= 11 is 0. The number of aromatic hydroxyl groups is 2. The van der Waals surface area contributed by atoms with Gasteiger partial charge in [0.15, 0.2) is 0 Å². The number of phenolic OH excluding ortho intramolecular Hbond substituents is 2. The molecule has 1 amide bonds. The van der Waals surface area contributed by atoms with Gasteiger partial charge in [-0.1, -0.05) is 0 Å². The minimum atomic E-state index is -0.972. The lowest BCUT2D eigenvalue weighted by Crippen LogP contribution is -2.54. The van der Waals surface area contributed by atoms with Crippen molar-refractivity contribution in [3.8, 4) is 11.5 Å². The number of carboxylic acids is 1. The molecule has 4 N–H and O–H groups in total. The van der Waals surface area contributed by atoms with Crippen LogP contribution >= 0.6 is 0 Å². The van der Waals surface area contributed by atoms with Crippen LogP contribution in [-0.4, -0.2) is 32.7 Å². The van der Waals surface area contributed by atoms with E-state index in [-0.39, 0.29) is 23.5 Å². The summed E-state index contributed by atoms with van der Waals surface area (Å²) in [6, 6.07) is 3.63. The standard InChI is InChI=1S/C13H15NO5/c15-8-2-3-10(16)9(6-8)12(19)14-13(4-1-5-13)7-11(17)18/h2-3,6,15-16H,1,4-5,7H2,(H,14,19)(H,17,18). The van der Waals surface area contributed by atoms with E-state index in [9.17, 15) is 19.8 Å². The van der Waals surface area contributed by atoms with Gasteiger partial charge in [0.1, 0.15) is 11.5 Å². The molecule has 0 aliphatic heterocycles. The van der Waals surface area contributed by atoms with Crippen molar-refractivity contribution in [2.45, 2.75) is 31.2 Å². The predicted octanol–water partition coefficient (Wildman–Crippen LogP) is 1.22. The Bertz CT molecular complexity index is 522. The summed E-state index contributed by atoms with van der Waals surface area (Å²) in [4.78, 5) is 22.8. The Hall–Kier alpha value is -2.24. The molecule has 1 aromatic rings. The van der Waals surface area contributed by atoms with Crippen molar-refractivity contribution in [1.82, 2.24) is 5.32 Å². The zero-order chi connectivity index (χ0) is 14.0. The summed E-state index contributed by atoms with van der Waals surface area (Å²) in [5.74, 6) is -1.93. The van der Waals surface area contributed by atoms with Crippen LogP contribution < -0.4 is 5.32 Å². The third-order valence-electron chi connectivity index (χ3n) is 3.40. The first kappa shape index (κ1) is 13.2. The molecule has 0 radical (unpaired) electrons. The minimum absolute atomic E-state index is 0.0586. The number of hydrogen-bond donors (Lipinski definition) is 4. The van der Waals surface area contributed by atoms with Crippen LogP contribution in [0.4, 0.5) is 0 Å². The highest BCUT2D eigenvalue weighted by Gasteiger charge is 2.40. The number of carbonyl (C=O) groups excluding carboxylic acids is 1. The molecule has 102 valence electrons. The molecule has 0 heterocycles. The van der Waals surface area contributed by atoms with Crippen LogP contribution in [0.3, 0.4) is 0 Å². The summed E-state index contributed by atoms with van der Waals surface area (Å²) in [5, 5.41) is 30.4. The summed E-state index contributed by atoms with van der Waals surface area (Å²) in [6.45, 7) is 0. The number of aliphatic carboxylic acids is 1. The van der Waals surface area contributed by atoms with Gasteiger partial charge in [-0.2, -0.15) is 0 Å². The van der Waals surface area contributed by atoms with Crippen LogP contribution in [-0.2, 0) is 4.79 Å². The summed E-state index contributed by atoms with van der Waals surface area (Å²) in [5.41, 5.74) is -0.794. The van der Waals surface area contributed by atoms with E-state index in [2.05, 4.69) is 5.32 Å². The molecule has 2 rings (SSSR count). The number of nitrogens with one attached hydrogen (secondary N) is 1. The molecule has 19 heavy (non-hydrogen) atoms. The largest absolute Gasteiger partial charge is 0.508 e. The highest BCUT2D eigenvalue weighted by atomic mass is 16.4. The van der Waals surface area contributed by atoms with Gasteiger partial charge >= 0.3 is 5.97 Å². The van der Waals surface area contributed by atoms with E-state index >= 15 is 0 Å². The smallest absolute Gasteiger partial charge is 0.305 e. The normalized spacial score (nSPS) is 16.4. The lowest BCUT2D eigenvalue weighted by atomic mass is 9.74. The van der Waals surface area contributed by atoms with Gasteiger partial charge in [-0.3, -0.25) is 9.59 Å². The maximum Gasteiger partial charge on any atom is 0.305 e. The summed E-state index contributed by atoms with van der Waals surface area (Å²) in [7, 11) is 0. The van der Waals surface area contributed by atoms with Crippen molar-refractivity contribution in [3.05, 3.63) is 23.8 Å². The van der Waals surface area contributed by atoms with Gasteiger partial charge in [0.05, 0.1) is 17.5 Å². The third kappa shape index (κ3) is 2.78. The fourth-order valence-electron chi connectivity index (χ4n) is 2.25. The van der Waals surface area contributed by atoms with E-state index < -0.39 is 17.4 Å². The summed E-state index contributed by atoms with van der Waals surface area (Å²) < 4.78 is 0. The number of amides is 1. The molecule has 1 saturated carbocycles. The molecule has 1 aliphatic carbocycles. The number of hydrogen-bond acceptors (Lipinski definition) is 4. The van der Waals surface area contributed by atoms with Gasteiger partial charge in [-0.25, -0.2) is 0 Å². The number of phenols is 2. The van der Waals surface area contributed by atoms with E-state index in [0.29, 0.717) is 12.8 Å². The number of carboxylic acid groups (broad SMARTS) is 1. The predicted molar refractivity (Wildman–Crippen MR) is 66.1 cm³/mol. The minimum Gasteiger partial charge on any atom is -0.508 e. The molecule has 6 heteroatoms. The molecule has 1 aromatic carbocycles. The Morgan fingerprint density at radius 2 is 1.95 bits per heavy atom. The fourth-order valence-corrected chi connectivity index (χ4v) is 2.25. The van der Waals surface area contributed by atoms with Gasteiger partial charge in [-0.15, -0.1) is 0 Å². The highest BCUT2D eigenvalue weighted by Crippen LogP contribution is 2.35. The fraction of sp³-hybridized carbons (Fsp3) is 0.385. The second-order valence-corrected chi connectivity index (χ2v) is 4.86. The SMILES string of the molecule is O=C(O)CC1(NC(=O)c2cc(O)ccc2O)CCC1. The van der Waals surface area contributed by atoms with Crippen LogP contribution in [0.5, 0.6) is 11.5 Å². The van der Waals surface area contributed by atoms with Crippen LogP contribution in [0.15, 0.2) is 18.2 Å². The van der Waals surface area contributed by atoms with Gasteiger partial charge in [-0.05, 0) is 37.5 Å². The van der Waals surface area contributed by atoms with Crippen LogP contribution in [0.1, 0.15) is 36.0 Å². The maximum atomic E-state index is 12.0. The molecule has 6 nitrogen and oxygen atoms in total. The zero-order valence-electron chi connectivity index (χ0n) is 10.2. The lowest BCUT2D eigenvalue weighted by Gasteiger charge is -2.41. The van der Waals surface area contributed by atoms with Crippen LogP contribution in [0.25, 0.3) is 0 Å². The molecular formula is C13H15NO5. The number of carbonyl (C=O) groups is 2. The lowest BCUT2D eigenvalue weighted by molar-refractivity contribution is -0.139. The third-order valence-corrected chi connectivity index (χ3v) is 3.40. The Morgan fingerprint density at radius 1 is 1.26 bits per heavy atom. The van der Waals surface area contributed by atoms with Crippen molar-refractivity contribution in [2.24, 2.45) is 0 Å². The quantitative estimate of drug-likeness (QED) is 0.612. The van der Waals surface area contributed by atoms with Gasteiger partial charge in [0.25, 0.3) is 5.91 Å². The van der Waals surface area contributed by atoms with Crippen molar-refractivity contribution in [1.29, 1.82) is 0 Å². The van der Waals surface area contributed by atoms with Gasteiger partial charge in [0, 0.05) is 0 Å². The summed E-state index contributed by atoms with van der Waals surface area (Å²) in [6.07, 6.45) is 1.92. The first-order valence-corrected chi connectivity index (χ1v) is 5.98. The Morgan fingerprint density at radius 3 is 2.47 bits per heavy atom. The number of rotatable bonds is 4. The Kier molecular flexibility index (Phi) is 3.33. The number of benzene rings is 1. The van der Waals surface area contributed by atoms with E-state index in [0.717, 1.165) is 12.5 Å². The molecule has 0 spiro atoms. The molecule has 1 fully saturated rings. The molecule has 1 aliphatic rings. The van der Waals surface area contributed by atoms with Crippen molar-refractivity contribution >= 4 is 11.9 Å². The topological polar surface area (TPSA) is 107 Å². The Labute approximate surface area is 109 Å². The molecule has 0 saturated heterocycles. The molecule has 0 aromatic heterocycles. The van der Waals surface area contributed by atoms with Gasteiger partial charge < -0.3 is 20.6 Å². The van der Waals surface area contributed by atoms with Gasteiger partial charge in [0.2, 0.25) is 0 Å². The molecule has 0 bridgehead atoms. The maximum absolute atomic E-state index is 12.0. The average Bonchev–Trinajstić information content (AvgIpc) is 2.28. The second kappa shape index (κ2) is 4.79. The van der Waals surface area contributed by atoms with E-state index in [4.69, 9.17) is 5.11 Å². The van der Waals surface area contributed by atoms with E-state index in [1.807, 2.05) is 0 Å². The monoisotopic (exact) mass is 265 g/mol. The zero-order valence-corrected chi connectivity index (χ0v) is 10.2. The van der Waals surface area contributed by atoms with Crippen molar-refractivity contribution in [3.63, 3.8) is 0 Å². The van der Waals surface area contributed by atoms with Crippen molar-refractivity contribution in [2.75, 3.05) is 0 Å². The van der Waals surface area contributed by atoms with Crippen molar-refractivity contribution < 1.29 is 24.9 Å². The van der Waals surface area contributed by atoms with E-state index in [1.165, 1.54) is 12.1 Å². The van der Waals surface area contributed by atoms with Crippen LogP contribution in [0.2, 0.25) is 0 Å². The van der Waals surface area contributed by atoms with E-state index in [1.54, 1.807) is 0 Å². The Balaban J connectivity index is 2.16. The first-order chi connectivity index (χ1) is 8.92. The average molecular weight is 265 g/mol. The second-order valence-electron chi connectivity index (χ2n) is 4.86. The highest BCUT2D eigenvalue weighted by molar-refractivity contribution is 5.98. The van der Waals surface area contributed by atoms with Crippen LogP contribution in [0, 0.1) is 0 Å². The molecule has 0 unspecified atom stereocenters.